The molecule has 1 heterocycles. The summed E-state index contributed by atoms with van der Waals surface area (Å²) in [6.45, 7) is 1.96. The van der Waals surface area contributed by atoms with Crippen LogP contribution in [0.15, 0.2) is 66.7 Å². The Morgan fingerprint density at radius 2 is 1.59 bits per heavy atom. The summed E-state index contributed by atoms with van der Waals surface area (Å²) >= 11 is 0. The molecule has 4 rings (SSSR count). The molecular formula is C25H23F2N3O2. The summed E-state index contributed by atoms with van der Waals surface area (Å²) in [6, 6.07) is 16.5. The Hall–Kier alpha value is -3.74. The van der Waals surface area contributed by atoms with Gasteiger partial charge in [-0.1, -0.05) is 18.2 Å². The summed E-state index contributed by atoms with van der Waals surface area (Å²) in [5, 5.41) is 5.60. The molecule has 0 aliphatic carbocycles. The first-order valence-corrected chi connectivity index (χ1v) is 10.5. The second-order valence-corrected chi connectivity index (χ2v) is 7.70. The summed E-state index contributed by atoms with van der Waals surface area (Å²) < 4.78 is 26.6. The molecule has 0 unspecified atom stereocenters. The average molecular weight is 435 g/mol. The molecule has 5 nitrogen and oxygen atoms in total. The van der Waals surface area contributed by atoms with Gasteiger partial charge in [-0.25, -0.2) is 8.78 Å². The van der Waals surface area contributed by atoms with Crippen LogP contribution >= 0.6 is 0 Å². The third kappa shape index (κ3) is 5.11. The predicted molar refractivity (Wildman–Crippen MR) is 120 cm³/mol. The van der Waals surface area contributed by atoms with Crippen molar-refractivity contribution in [1.29, 1.82) is 0 Å². The van der Waals surface area contributed by atoms with E-state index in [0.717, 1.165) is 43.2 Å². The van der Waals surface area contributed by atoms with E-state index in [0.29, 0.717) is 11.3 Å². The lowest BCUT2D eigenvalue weighted by Crippen LogP contribution is -2.27. The van der Waals surface area contributed by atoms with Gasteiger partial charge in [0.05, 0.1) is 5.56 Å². The van der Waals surface area contributed by atoms with Gasteiger partial charge in [-0.3, -0.25) is 9.59 Å². The fourth-order valence-corrected chi connectivity index (χ4v) is 3.74. The molecule has 0 radical (unpaired) electrons. The molecule has 1 saturated heterocycles. The highest BCUT2D eigenvalue weighted by molar-refractivity contribution is 6.06. The summed E-state index contributed by atoms with van der Waals surface area (Å²) in [7, 11) is 0. The minimum Gasteiger partial charge on any atom is -0.371 e. The van der Waals surface area contributed by atoms with Gasteiger partial charge in [0.2, 0.25) is 0 Å². The summed E-state index contributed by atoms with van der Waals surface area (Å²) in [4.78, 5) is 27.7. The quantitative estimate of drug-likeness (QED) is 0.588. The minimum absolute atomic E-state index is 0.191. The van der Waals surface area contributed by atoms with Crippen LogP contribution in [0, 0.1) is 11.6 Å². The van der Waals surface area contributed by atoms with Gasteiger partial charge in [-0.2, -0.15) is 0 Å². The number of hydrogen-bond acceptors (Lipinski definition) is 3. The molecule has 0 aromatic heterocycles. The van der Waals surface area contributed by atoms with Gasteiger partial charge >= 0.3 is 0 Å². The van der Waals surface area contributed by atoms with Crippen molar-refractivity contribution in [2.75, 3.05) is 23.3 Å². The van der Waals surface area contributed by atoms with E-state index in [2.05, 4.69) is 15.5 Å². The molecule has 164 valence electrons. The molecule has 1 fully saturated rings. The molecule has 3 aromatic rings. The smallest absolute Gasteiger partial charge is 0.255 e. The van der Waals surface area contributed by atoms with Crippen molar-refractivity contribution in [2.24, 2.45) is 0 Å². The Bertz CT molecular complexity index is 1130. The van der Waals surface area contributed by atoms with Crippen LogP contribution in [0.2, 0.25) is 0 Å². The van der Waals surface area contributed by atoms with Crippen LogP contribution in [-0.2, 0) is 6.54 Å². The van der Waals surface area contributed by atoms with E-state index in [1.54, 1.807) is 24.3 Å². The van der Waals surface area contributed by atoms with Gasteiger partial charge in [0, 0.05) is 36.6 Å². The number of carbonyl (C=O) groups is 2. The summed E-state index contributed by atoms with van der Waals surface area (Å²) in [6.07, 6.45) is 2.10. The van der Waals surface area contributed by atoms with Crippen LogP contribution in [0.5, 0.6) is 0 Å². The molecular weight excluding hydrogens is 412 g/mol. The highest BCUT2D eigenvalue weighted by atomic mass is 19.1. The van der Waals surface area contributed by atoms with E-state index in [1.807, 2.05) is 6.07 Å². The van der Waals surface area contributed by atoms with Gasteiger partial charge in [-0.05, 0) is 66.9 Å². The van der Waals surface area contributed by atoms with Gasteiger partial charge < -0.3 is 15.5 Å². The third-order valence-corrected chi connectivity index (χ3v) is 5.40. The van der Waals surface area contributed by atoms with Gasteiger partial charge in [-0.15, -0.1) is 0 Å². The number of nitrogens with one attached hydrogen (secondary N) is 2. The zero-order valence-electron chi connectivity index (χ0n) is 17.4. The number of carbonyl (C=O) groups excluding carboxylic acids is 2. The Morgan fingerprint density at radius 3 is 2.31 bits per heavy atom. The standard InChI is InChI=1S/C25H23F2N3O2/c26-19-8-6-17(7-9-19)16-28-25(32)22-15-21(10-11-23(22)30-12-1-2-13-30)29-24(31)18-4-3-5-20(27)14-18/h3-11,14-15H,1-2,12-13,16H2,(H,28,32)(H,29,31). The molecule has 1 aliphatic rings. The van der Waals surface area contributed by atoms with Crippen molar-refractivity contribution in [3.05, 3.63) is 95.1 Å². The van der Waals surface area contributed by atoms with Crippen LogP contribution in [0.25, 0.3) is 0 Å². The van der Waals surface area contributed by atoms with E-state index in [1.165, 1.54) is 30.3 Å². The topological polar surface area (TPSA) is 61.4 Å². The zero-order valence-corrected chi connectivity index (χ0v) is 17.4. The fraction of sp³-hybridized carbons (Fsp3) is 0.200. The van der Waals surface area contributed by atoms with E-state index >= 15 is 0 Å². The van der Waals surface area contributed by atoms with Crippen LogP contribution < -0.4 is 15.5 Å². The van der Waals surface area contributed by atoms with E-state index in [-0.39, 0.29) is 23.8 Å². The fourth-order valence-electron chi connectivity index (χ4n) is 3.74. The maximum atomic E-state index is 13.4. The number of rotatable bonds is 6. The third-order valence-electron chi connectivity index (χ3n) is 5.40. The van der Waals surface area contributed by atoms with Crippen molar-refractivity contribution in [2.45, 2.75) is 19.4 Å². The lowest BCUT2D eigenvalue weighted by molar-refractivity contribution is 0.0950. The van der Waals surface area contributed by atoms with Crippen molar-refractivity contribution in [1.82, 2.24) is 5.32 Å². The SMILES string of the molecule is O=C(Nc1ccc(N2CCCC2)c(C(=O)NCc2ccc(F)cc2)c1)c1cccc(F)c1. The summed E-state index contributed by atoms with van der Waals surface area (Å²) in [5.74, 6) is -1.59. The lowest BCUT2D eigenvalue weighted by Gasteiger charge is -2.22. The van der Waals surface area contributed by atoms with Crippen LogP contribution in [0.3, 0.4) is 0 Å². The molecule has 0 saturated carbocycles. The highest BCUT2D eigenvalue weighted by Crippen LogP contribution is 2.28. The maximum absolute atomic E-state index is 13.4. The Balaban J connectivity index is 1.55. The van der Waals surface area contributed by atoms with Gasteiger partial charge in [0.15, 0.2) is 0 Å². The molecule has 0 atom stereocenters. The van der Waals surface area contributed by atoms with E-state index in [9.17, 15) is 18.4 Å². The molecule has 32 heavy (non-hydrogen) atoms. The molecule has 0 spiro atoms. The first kappa shape index (κ1) is 21.5. The number of hydrogen-bond donors (Lipinski definition) is 2. The lowest BCUT2D eigenvalue weighted by atomic mass is 10.1. The maximum Gasteiger partial charge on any atom is 0.255 e. The van der Waals surface area contributed by atoms with Gasteiger partial charge in [0.25, 0.3) is 11.8 Å². The zero-order chi connectivity index (χ0) is 22.5. The second-order valence-electron chi connectivity index (χ2n) is 7.70. The number of benzene rings is 3. The Kier molecular flexibility index (Phi) is 6.44. The Morgan fingerprint density at radius 1 is 0.844 bits per heavy atom. The molecule has 2 N–H and O–H groups in total. The van der Waals surface area contributed by atoms with Crippen LogP contribution in [0.1, 0.15) is 39.1 Å². The number of amides is 2. The molecule has 3 aromatic carbocycles. The largest absolute Gasteiger partial charge is 0.371 e. The Labute approximate surface area is 185 Å². The van der Waals surface area contributed by atoms with Gasteiger partial charge in [0.1, 0.15) is 11.6 Å². The second kappa shape index (κ2) is 9.60. The van der Waals surface area contributed by atoms with Crippen LogP contribution in [0.4, 0.5) is 20.2 Å². The number of nitrogens with zero attached hydrogens (tertiary/aromatic N) is 1. The van der Waals surface area contributed by atoms with E-state index < -0.39 is 11.7 Å². The monoisotopic (exact) mass is 435 g/mol. The van der Waals surface area contributed by atoms with Crippen molar-refractivity contribution in [3.8, 4) is 0 Å². The molecule has 1 aliphatic heterocycles. The van der Waals surface area contributed by atoms with E-state index in [4.69, 9.17) is 0 Å². The first-order chi connectivity index (χ1) is 15.5. The number of anilines is 2. The molecule has 0 bridgehead atoms. The highest BCUT2D eigenvalue weighted by Gasteiger charge is 2.20. The average Bonchev–Trinajstić information content (AvgIpc) is 3.33. The normalized spacial score (nSPS) is 13.1. The van der Waals surface area contributed by atoms with Crippen molar-refractivity contribution < 1.29 is 18.4 Å². The van der Waals surface area contributed by atoms with Crippen molar-refractivity contribution >= 4 is 23.2 Å². The molecule has 7 heteroatoms. The summed E-state index contributed by atoms with van der Waals surface area (Å²) in [5.41, 5.74) is 2.64. The predicted octanol–water partition coefficient (Wildman–Crippen LogP) is 4.75. The minimum atomic E-state index is -0.497. The first-order valence-electron chi connectivity index (χ1n) is 10.5. The number of halogens is 2. The van der Waals surface area contributed by atoms with Crippen LogP contribution in [-0.4, -0.2) is 24.9 Å². The van der Waals surface area contributed by atoms with Crippen molar-refractivity contribution in [3.63, 3.8) is 0 Å². The molecule has 2 amide bonds.